The minimum atomic E-state index is -1.21. The Morgan fingerprint density at radius 3 is 2.38 bits per heavy atom. The van der Waals surface area contributed by atoms with Crippen LogP contribution in [0.5, 0.6) is 0 Å². The van der Waals surface area contributed by atoms with E-state index in [4.69, 9.17) is 39.5 Å². The number of aromatic nitrogens is 2. The van der Waals surface area contributed by atoms with E-state index in [2.05, 4.69) is 15.3 Å². The van der Waals surface area contributed by atoms with Crippen LogP contribution < -0.4 is 5.32 Å². The van der Waals surface area contributed by atoms with Crippen molar-refractivity contribution in [3.05, 3.63) is 51.4 Å². The van der Waals surface area contributed by atoms with Gasteiger partial charge in [-0.15, -0.1) is 0 Å². The summed E-state index contributed by atoms with van der Waals surface area (Å²) in [6.07, 6.45) is 1.22. The summed E-state index contributed by atoms with van der Waals surface area (Å²) in [4.78, 5) is 45.1. The molecule has 0 fully saturated rings. The van der Waals surface area contributed by atoms with Crippen LogP contribution in [0.4, 0.5) is 15.4 Å². The molecule has 0 saturated heterocycles. The molecule has 0 radical (unpaired) electrons. The monoisotopic (exact) mass is 416 g/mol. The Kier molecular flexibility index (Phi) is 6.73. The summed E-state index contributed by atoms with van der Waals surface area (Å²) < 4.78 is 4.77. The molecule has 11 heteroatoms. The summed E-state index contributed by atoms with van der Waals surface area (Å²) in [5.41, 5.74) is -0.226. The molecule has 0 unspecified atom stereocenters. The van der Waals surface area contributed by atoms with Crippen molar-refractivity contribution >= 4 is 58.7 Å². The smallest absolute Gasteiger partial charge is 0.425 e. The van der Waals surface area contributed by atoms with Crippen molar-refractivity contribution in [1.29, 1.82) is 0 Å². The van der Waals surface area contributed by atoms with E-state index in [1.165, 1.54) is 37.5 Å². The highest BCUT2D eigenvalue weighted by Crippen LogP contribution is 2.26. The average Bonchev–Trinajstić information content (AvgIpc) is 2.55. The molecular weight excluding hydrogens is 407 g/mol. The first-order chi connectivity index (χ1) is 12.3. The number of nitrogens with zero attached hydrogens (tertiary/aromatic N) is 3. The van der Waals surface area contributed by atoms with Crippen molar-refractivity contribution in [2.24, 2.45) is 0 Å². The number of anilines is 1. The molecule has 26 heavy (non-hydrogen) atoms. The van der Waals surface area contributed by atoms with Gasteiger partial charge in [-0.3, -0.25) is 15.1 Å². The van der Waals surface area contributed by atoms with Crippen LogP contribution in [-0.2, 0) is 4.74 Å². The Morgan fingerprint density at radius 2 is 1.81 bits per heavy atom. The molecule has 2 aromatic rings. The molecule has 1 aromatic carbocycles. The Hall–Kier alpha value is -2.42. The Bertz CT molecular complexity index is 842. The van der Waals surface area contributed by atoms with Gasteiger partial charge in [0.2, 0.25) is 0 Å². The SMILES string of the molecule is CCOC(=O)N(C(=O)Nc1cncc(Cl)n1)C(=O)c1c(Cl)cccc1Cl. The van der Waals surface area contributed by atoms with E-state index >= 15 is 0 Å². The third kappa shape index (κ3) is 4.60. The second-order valence-corrected chi connectivity index (χ2v) is 5.79. The summed E-state index contributed by atoms with van der Waals surface area (Å²) >= 11 is 17.6. The summed E-state index contributed by atoms with van der Waals surface area (Å²) in [7, 11) is 0. The number of carbonyl (C=O) groups excluding carboxylic acids is 3. The number of ether oxygens (including phenoxy) is 1. The lowest BCUT2D eigenvalue weighted by atomic mass is 10.2. The van der Waals surface area contributed by atoms with Crippen LogP contribution in [0.15, 0.2) is 30.6 Å². The zero-order valence-corrected chi connectivity index (χ0v) is 15.5. The first-order valence-corrected chi connectivity index (χ1v) is 8.22. The third-order valence-electron chi connectivity index (χ3n) is 2.87. The number of carbonyl (C=O) groups is 3. The number of nitrogens with one attached hydrogen (secondary N) is 1. The van der Waals surface area contributed by atoms with E-state index in [-0.39, 0.29) is 38.1 Å². The van der Waals surface area contributed by atoms with E-state index < -0.39 is 18.0 Å². The number of hydrogen-bond donors (Lipinski definition) is 1. The van der Waals surface area contributed by atoms with Gasteiger partial charge in [0.1, 0.15) is 5.15 Å². The zero-order chi connectivity index (χ0) is 19.3. The lowest BCUT2D eigenvalue weighted by molar-refractivity contribution is 0.0743. The molecule has 0 saturated carbocycles. The quantitative estimate of drug-likeness (QED) is 0.800. The van der Waals surface area contributed by atoms with E-state index in [0.717, 1.165) is 0 Å². The standard InChI is InChI=1S/C15H11Cl3N4O4/c1-2-26-15(25)22(13(23)12-8(16)4-3-5-9(12)17)14(24)21-11-7-19-6-10(18)20-11/h3-7H,2H2,1H3,(H,20,21,24). The van der Waals surface area contributed by atoms with Crippen LogP contribution in [0.3, 0.4) is 0 Å². The summed E-state index contributed by atoms with van der Waals surface area (Å²) in [5, 5.41) is 2.17. The molecular formula is C15H11Cl3N4O4. The second kappa shape index (κ2) is 8.79. The Morgan fingerprint density at radius 1 is 1.15 bits per heavy atom. The number of halogens is 3. The topological polar surface area (TPSA) is 101 Å². The van der Waals surface area contributed by atoms with Gasteiger partial charge < -0.3 is 4.74 Å². The first kappa shape index (κ1) is 19.9. The zero-order valence-electron chi connectivity index (χ0n) is 13.2. The maximum Gasteiger partial charge on any atom is 0.425 e. The van der Waals surface area contributed by atoms with Crippen molar-refractivity contribution < 1.29 is 19.1 Å². The van der Waals surface area contributed by atoms with Crippen molar-refractivity contribution in [2.45, 2.75) is 6.92 Å². The number of imide groups is 3. The molecule has 0 atom stereocenters. The fourth-order valence-electron chi connectivity index (χ4n) is 1.83. The molecule has 4 amide bonds. The van der Waals surface area contributed by atoms with Gasteiger partial charge >= 0.3 is 12.1 Å². The fourth-order valence-corrected chi connectivity index (χ4v) is 2.53. The van der Waals surface area contributed by atoms with Crippen LogP contribution >= 0.6 is 34.8 Å². The highest BCUT2D eigenvalue weighted by atomic mass is 35.5. The Labute approximate surface area is 163 Å². The highest BCUT2D eigenvalue weighted by molar-refractivity contribution is 6.40. The second-order valence-electron chi connectivity index (χ2n) is 4.59. The maximum atomic E-state index is 12.7. The summed E-state index contributed by atoms with van der Waals surface area (Å²) in [6.45, 7) is 1.45. The lowest BCUT2D eigenvalue weighted by Gasteiger charge is -2.19. The van der Waals surface area contributed by atoms with Gasteiger partial charge in [0, 0.05) is 0 Å². The first-order valence-electron chi connectivity index (χ1n) is 7.09. The number of amides is 4. The molecule has 0 bridgehead atoms. The number of rotatable bonds is 3. The molecule has 0 aliphatic heterocycles. The minimum absolute atomic E-state index is 0.00552. The molecule has 0 aliphatic rings. The fraction of sp³-hybridized carbons (Fsp3) is 0.133. The summed E-state index contributed by atoms with van der Waals surface area (Å²) in [6, 6.07) is 3.16. The maximum absolute atomic E-state index is 12.7. The normalized spacial score (nSPS) is 10.2. The van der Waals surface area contributed by atoms with Gasteiger partial charge in [0.15, 0.2) is 5.82 Å². The Balaban J connectivity index is 2.38. The summed E-state index contributed by atoms with van der Waals surface area (Å²) in [5.74, 6) is -1.14. The van der Waals surface area contributed by atoms with Crippen LogP contribution in [0, 0.1) is 0 Å². The molecule has 1 heterocycles. The van der Waals surface area contributed by atoms with Gasteiger partial charge in [0.25, 0.3) is 5.91 Å². The highest BCUT2D eigenvalue weighted by Gasteiger charge is 2.33. The van der Waals surface area contributed by atoms with Crippen molar-refractivity contribution in [3.63, 3.8) is 0 Å². The number of urea groups is 1. The van der Waals surface area contributed by atoms with Crippen molar-refractivity contribution in [3.8, 4) is 0 Å². The minimum Gasteiger partial charge on any atom is -0.449 e. The van der Waals surface area contributed by atoms with Crippen molar-refractivity contribution in [1.82, 2.24) is 14.9 Å². The molecule has 1 aromatic heterocycles. The van der Waals surface area contributed by atoms with Crippen LogP contribution in [0.1, 0.15) is 17.3 Å². The average molecular weight is 418 g/mol. The number of benzene rings is 1. The van der Waals surface area contributed by atoms with Gasteiger partial charge in [-0.1, -0.05) is 40.9 Å². The van der Waals surface area contributed by atoms with E-state index in [1.54, 1.807) is 0 Å². The molecule has 0 spiro atoms. The van der Waals surface area contributed by atoms with Gasteiger partial charge in [-0.05, 0) is 19.1 Å². The molecule has 2 rings (SSSR count). The predicted molar refractivity (Wildman–Crippen MR) is 95.7 cm³/mol. The largest absolute Gasteiger partial charge is 0.449 e. The van der Waals surface area contributed by atoms with Gasteiger partial charge in [-0.2, -0.15) is 4.90 Å². The van der Waals surface area contributed by atoms with Gasteiger partial charge in [0.05, 0.1) is 34.6 Å². The van der Waals surface area contributed by atoms with Gasteiger partial charge in [-0.25, -0.2) is 14.6 Å². The number of hydrogen-bond acceptors (Lipinski definition) is 6. The van der Waals surface area contributed by atoms with E-state index in [0.29, 0.717) is 0 Å². The van der Waals surface area contributed by atoms with E-state index in [1.807, 2.05) is 0 Å². The molecule has 0 aliphatic carbocycles. The molecule has 1 N–H and O–H groups in total. The van der Waals surface area contributed by atoms with E-state index in [9.17, 15) is 14.4 Å². The third-order valence-corrected chi connectivity index (χ3v) is 3.69. The lowest BCUT2D eigenvalue weighted by Crippen LogP contribution is -2.45. The predicted octanol–water partition coefficient (Wildman–Crippen LogP) is 4.27. The molecule has 8 nitrogen and oxygen atoms in total. The van der Waals surface area contributed by atoms with Crippen molar-refractivity contribution in [2.75, 3.05) is 11.9 Å². The van der Waals surface area contributed by atoms with Crippen LogP contribution in [0.25, 0.3) is 0 Å². The van der Waals surface area contributed by atoms with Crippen LogP contribution in [-0.4, -0.2) is 39.5 Å². The molecule has 136 valence electrons. The van der Waals surface area contributed by atoms with Crippen LogP contribution in [0.2, 0.25) is 15.2 Å².